The van der Waals surface area contributed by atoms with Gasteiger partial charge >= 0.3 is 0 Å². The molecule has 0 spiro atoms. The summed E-state index contributed by atoms with van der Waals surface area (Å²) in [5.74, 6) is 1.86. The number of aromatic nitrogens is 1. The van der Waals surface area contributed by atoms with Crippen molar-refractivity contribution in [1.29, 1.82) is 0 Å². The molecule has 3 rings (SSSR count). The molecule has 0 amide bonds. The van der Waals surface area contributed by atoms with Gasteiger partial charge in [-0.1, -0.05) is 12.1 Å². The molecule has 3 aromatic rings. The Kier molecular flexibility index (Phi) is 7.53. The summed E-state index contributed by atoms with van der Waals surface area (Å²) in [5.41, 5.74) is 9.59. The third-order valence-electron chi connectivity index (χ3n) is 6.34. The second-order valence-corrected chi connectivity index (χ2v) is 8.00. The molecule has 3 nitrogen and oxygen atoms in total. The molecule has 0 aliphatic carbocycles. The molecule has 1 aromatic heterocycles. The van der Waals surface area contributed by atoms with Crippen LogP contribution in [0.2, 0.25) is 0 Å². The molecule has 0 radical (unpaired) electrons. The summed E-state index contributed by atoms with van der Waals surface area (Å²) in [6.45, 7) is 11.6. The smallest absolute Gasteiger partial charge is 0.205 e. The molecule has 0 saturated heterocycles. The standard InChI is InChI=1S/C29H34NO2/c1-8-30-26(16-12-24-14-18-28(31-6)22(4)20(24)2)10-9-11-27(30)17-13-25-15-19-29(32-7)23(5)21(25)3/h9-19H,8H2,1-7H3/q+1/b16-12+,17-13+. The van der Waals surface area contributed by atoms with Crippen LogP contribution in [0.15, 0.2) is 42.5 Å². The van der Waals surface area contributed by atoms with Crippen LogP contribution in [0.25, 0.3) is 24.3 Å². The minimum Gasteiger partial charge on any atom is -0.496 e. The summed E-state index contributed by atoms with van der Waals surface area (Å²) in [5, 5.41) is 0. The first-order valence-corrected chi connectivity index (χ1v) is 11.1. The first-order chi connectivity index (χ1) is 15.4. The molecule has 0 saturated carbocycles. The number of methoxy groups -OCH3 is 2. The number of nitrogens with zero attached hydrogens (tertiary/aromatic N) is 1. The van der Waals surface area contributed by atoms with E-state index < -0.39 is 0 Å². The predicted molar refractivity (Wildman–Crippen MR) is 135 cm³/mol. The maximum absolute atomic E-state index is 5.45. The lowest BCUT2D eigenvalue weighted by Gasteiger charge is -2.10. The van der Waals surface area contributed by atoms with Crippen LogP contribution in [0.5, 0.6) is 11.5 Å². The highest BCUT2D eigenvalue weighted by Crippen LogP contribution is 2.26. The molecular weight excluding hydrogens is 394 g/mol. The van der Waals surface area contributed by atoms with Gasteiger partial charge in [-0.2, -0.15) is 4.57 Å². The number of rotatable bonds is 7. The van der Waals surface area contributed by atoms with E-state index in [0.29, 0.717) is 0 Å². The molecule has 0 aliphatic rings. The second kappa shape index (κ2) is 10.3. The molecule has 0 fully saturated rings. The number of pyridine rings is 1. The molecule has 32 heavy (non-hydrogen) atoms. The van der Waals surface area contributed by atoms with Crippen LogP contribution >= 0.6 is 0 Å². The van der Waals surface area contributed by atoms with Crippen molar-refractivity contribution in [1.82, 2.24) is 0 Å². The molecule has 166 valence electrons. The molecule has 0 unspecified atom stereocenters. The van der Waals surface area contributed by atoms with E-state index in [0.717, 1.165) is 18.0 Å². The summed E-state index contributed by atoms with van der Waals surface area (Å²) >= 11 is 0. The Morgan fingerprint density at radius 2 is 1.06 bits per heavy atom. The number of hydrogen-bond donors (Lipinski definition) is 0. The van der Waals surface area contributed by atoms with Crippen LogP contribution in [0.3, 0.4) is 0 Å². The molecule has 0 aliphatic heterocycles. The Balaban J connectivity index is 1.94. The average Bonchev–Trinajstić information content (AvgIpc) is 2.81. The third kappa shape index (κ3) is 4.77. The number of hydrogen-bond acceptors (Lipinski definition) is 2. The molecule has 0 atom stereocenters. The van der Waals surface area contributed by atoms with Gasteiger partial charge in [-0.25, -0.2) is 0 Å². The van der Waals surface area contributed by atoms with E-state index in [9.17, 15) is 0 Å². The molecule has 0 bridgehead atoms. The minimum absolute atomic E-state index is 0.890. The van der Waals surface area contributed by atoms with E-state index in [4.69, 9.17) is 9.47 Å². The zero-order chi connectivity index (χ0) is 23.3. The minimum atomic E-state index is 0.890. The van der Waals surface area contributed by atoms with Crippen molar-refractivity contribution in [3.05, 3.63) is 87.2 Å². The largest absolute Gasteiger partial charge is 0.496 e. The predicted octanol–water partition coefficient (Wildman–Crippen LogP) is 6.59. The molecule has 1 heterocycles. The van der Waals surface area contributed by atoms with Crippen LogP contribution in [0.4, 0.5) is 0 Å². The van der Waals surface area contributed by atoms with Crippen molar-refractivity contribution in [2.75, 3.05) is 14.2 Å². The van der Waals surface area contributed by atoms with Gasteiger partial charge in [0.25, 0.3) is 0 Å². The topological polar surface area (TPSA) is 22.3 Å². The van der Waals surface area contributed by atoms with E-state index in [-0.39, 0.29) is 0 Å². The Morgan fingerprint density at radius 3 is 1.44 bits per heavy atom. The fourth-order valence-electron chi connectivity index (χ4n) is 4.02. The number of ether oxygens (including phenoxy) is 2. The Labute approximate surface area is 192 Å². The second-order valence-electron chi connectivity index (χ2n) is 8.00. The van der Waals surface area contributed by atoms with Crippen molar-refractivity contribution in [2.45, 2.75) is 41.2 Å². The van der Waals surface area contributed by atoms with Crippen LogP contribution in [0.1, 0.15) is 51.7 Å². The normalized spacial score (nSPS) is 11.5. The summed E-state index contributed by atoms with van der Waals surface area (Å²) in [6.07, 6.45) is 8.76. The maximum atomic E-state index is 5.45. The van der Waals surface area contributed by atoms with Gasteiger partial charge in [0.2, 0.25) is 11.4 Å². The lowest BCUT2D eigenvalue weighted by atomic mass is 10.0. The fourth-order valence-corrected chi connectivity index (χ4v) is 4.02. The van der Waals surface area contributed by atoms with Gasteiger partial charge in [0.15, 0.2) is 0 Å². The summed E-state index contributed by atoms with van der Waals surface area (Å²) < 4.78 is 13.2. The zero-order valence-corrected chi connectivity index (χ0v) is 20.3. The molecule has 0 N–H and O–H groups in total. The van der Waals surface area contributed by atoms with Crippen molar-refractivity contribution in [3.63, 3.8) is 0 Å². The summed E-state index contributed by atoms with van der Waals surface area (Å²) in [7, 11) is 3.43. The average molecular weight is 429 g/mol. The number of benzene rings is 2. The van der Waals surface area contributed by atoms with E-state index in [1.165, 1.54) is 44.8 Å². The van der Waals surface area contributed by atoms with Gasteiger partial charge in [0, 0.05) is 24.3 Å². The van der Waals surface area contributed by atoms with Crippen molar-refractivity contribution in [2.24, 2.45) is 0 Å². The lowest BCUT2D eigenvalue weighted by molar-refractivity contribution is -0.696. The Hall–Kier alpha value is -3.33. The van der Waals surface area contributed by atoms with E-state index in [1.54, 1.807) is 14.2 Å². The van der Waals surface area contributed by atoms with Gasteiger partial charge in [-0.3, -0.25) is 0 Å². The molecular formula is C29H34NO2+. The first kappa shape index (κ1) is 23.3. The van der Waals surface area contributed by atoms with E-state index in [1.807, 2.05) is 12.1 Å². The van der Waals surface area contributed by atoms with E-state index >= 15 is 0 Å². The highest BCUT2D eigenvalue weighted by molar-refractivity contribution is 5.72. The van der Waals surface area contributed by atoms with Crippen LogP contribution in [-0.4, -0.2) is 14.2 Å². The lowest BCUT2D eigenvalue weighted by Crippen LogP contribution is -2.38. The Morgan fingerprint density at radius 1 is 0.625 bits per heavy atom. The Bertz CT molecular complexity index is 1080. The zero-order valence-electron chi connectivity index (χ0n) is 20.3. The van der Waals surface area contributed by atoms with Crippen molar-refractivity contribution < 1.29 is 14.0 Å². The van der Waals surface area contributed by atoms with Gasteiger partial charge in [0.1, 0.15) is 18.0 Å². The molecule has 2 aromatic carbocycles. The van der Waals surface area contributed by atoms with Crippen molar-refractivity contribution >= 4 is 24.3 Å². The third-order valence-corrected chi connectivity index (χ3v) is 6.34. The van der Waals surface area contributed by atoms with Gasteiger partial charge < -0.3 is 9.47 Å². The van der Waals surface area contributed by atoms with Crippen LogP contribution in [0, 0.1) is 27.7 Å². The summed E-state index contributed by atoms with van der Waals surface area (Å²) in [4.78, 5) is 0. The quantitative estimate of drug-likeness (QED) is 0.396. The van der Waals surface area contributed by atoms with E-state index in [2.05, 4.69) is 93.8 Å². The maximum Gasteiger partial charge on any atom is 0.205 e. The summed E-state index contributed by atoms with van der Waals surface area (Å²) in [6, 6.07) is 14.7. The fraction of sp³-hybridized carbons (Fsp3) is 0.276. The monoisotopic (exact) mass is 428 g/mol. The van der Waals surface area contributed by atoms with Crippen molar-refractivity contribution in [3.8, 4) is 11.5 Å². The van der Waals surface area contributed by atoms with Gasteiger partial charge in [-0.05, 0) is 98.4 Å². The SMILES string of the molecule is CC[n+]1c(/C=C/c2ccc(OC)c(C)c2C)cccc1/C=C/c1ccc(OC)c(C)c1C. The van der Waals surface area contributed by atoms with Gasteiger partial charge in [0.05, 0.1) is 14.2 Å². The highest BCUT2D eigenvalue weighted by atomic mass is 16.5. The molecule has 3 heteroatoms. The highest BCUT2D eigenvalue weighted by Gasteiger charge is 2.12. The first-order valence-electron chi connectivity index (χ1n) is 11.1. The van der Waals surface area contributed by atoms with Crippen LogP contribution < -0.4 is 14.0 Å². The van der Waals surface area contributed by atoms with Gasteiger partial charge in [-0.15, -0.1) is 0 Å². The van der Waals surface area contributed by atoms with Crippen LogP contribution in [-0.2, 0) is 6.54 Å².